The van der Waals surface area contributed by atoms with E-state index in [-0.39, 0.29) is 23.9 Å². The number of nitrogens with zero attached hydrogens (tertiary/aromatic N) is 4. The first-order valence-electron chi connectivity index (χ1n) is 6.08. The van der Waals surface area contributed by atoms with Crippen LogP contribution in [0.4, 0.5) is 11.6 Å². The Morgan fingerprint density at radius 2 is 1.83 bits per heavy atom. The summed E-state index contributed by atoms with van der Waals surface area (Å²) >= 11 is 0. The highest BCUT2D eigenvalue weighted by atomic mass is 16.6. The maximum Gasteiger partial charge on any atom is 0.305 e. The molecular weight excluding hydrogens is 236 g/mol. The summed E-state index contributed by atoms with van der Waals surface area (Å²) in [6.07, 6.45) is 5.77. The molecule has 2 atom stereocenters. The highest BCUT2D eigenvalue weighted by Gasteiger charge is 2.41. The van der Waals surface area contributed by atoms with Crippen molar-refractivity contribution < 1.29 is 10.0 Å². The van der Waals surface area contributed by atoms with E-state index in [0.29, 0.717) is 5.95 Å². The third kappa shape index (κ3) is 1.80. The van der Waals surface area contributed by atoms with Gasteiger partial charge in [0.05, 0.1) is 11.0 Å². The number of fused-ring (bicyclic) bond motifs is 2. The average Bonchev–Trinajstić information content (AvgIpc) is 2.62. The molecule has 0 saturated carbocycles. The van der Waals surface area contributed by atoms with Crippen LogP contribution < -0.4 is 4.90 Å². The van der Waals surface area contributed by atoms with Crippen molar-refractivity contribution in [1.82, 2.24) is 9.97 Å². The molecule has 2 aliphatic rings. The number of hydrogen-bond donors (Lipinski definition) is 1. The predicted molar refractivity (Wildman–Crippen MR) is 63.2 cm³/mol. The van der Waals surface area contributed by atoms with Gasteiger partial charge in [0.1, 0.15) is 12.4 Å². The number of nitro groups is 1. The summed E-state index contributed by atoms with van der Waals surface area (Å²) < 4.78 is 0. The van der Waals surface area contributed by atoms with Gasteiger partial charge in [-0.15, -0.1) is 0 Å². The maximum absolute atomic E-state index is 10.6. The van der Waals surface area contributed by atoms with Gasteiger partial charge < -0.3 is 10.0 Å². The Balaban J connectivity index is 1.85. The molecule has 2 bridgehead atoms. The molecule has 1 aromatic rings. The van der Waals surface area contributed by atoms with Crippen LogP contribution in [-0.2, 0) is 0 Å². The first kappa shape index (κ1) is 11.3. The van der Waals surface area contributed by atoms with E-state index >= 15 is 0 Å². The van der Waals surface area contributed by atoms with Crippen LogP contribution in [0.3, 0.4) is 0 Å². The van der Waals surface area contributed by atoms with Gasteiger partial charge in [0.25, 0.3) is 0 Å². The number of rotatable bonds is 2. The van der Waals surface area contributed by atoms with Gasteiger partial charge in [-0.05, 0) is 25.7 Å². The molecule has 0 radical (unpaired) electrons. The molecule has 7 heteroatoms. The Labute approximate surface area is 104 Å². The van der Waals surface area contributed by atoms with Crippen molar-refractivity contribution in [3.63, 3.8) is 0 Å². The van der Waals surface area contributed by atoms with Crippen LogP contribution in [0.1, 0.15) is 25.7 Å². The molecule has 2 aliphatic heterocycles. The molecule has 2 saturated heterocycles. The summed E-state index contributed by atoms with van der Waals surface area (Å²) in [5, 5.41) is 20.3. The fraction of sp³-hybridized carbons (Fsp3) is 0.636. The number of piperidine rings is 1. The lowest BCUT2D eigenvalue weighted by molar-refractivity contribution is -0.385. The summed E-state index contributed by atoms with van der Waals surface area (Å²) in [6, 6.07) is 0.528. The zero-order valence-electron chi connectivity index (χ0n) is 9.77. The first-order valence-corrected chi connectivity index (χ1v) is 6.08. The summed E-state index contributed by atoms with van der Waals surface area (Å²) in [7, 11) is 0. The topological polar surface area (TPSA) is 92.4 Å². The quantitative estimate of drug-likeness (QED) is 0.618. The van der Waals surface area contributed by atoms with E-state index in [1.54, 1.807) is 0 Å². The summed E-state index contributed by atoms with van der Waals surface area (Å²) in [5.74, 6) is 0.542. The smallest absolute Gasteiger partial charge is 0.305 e. The lowest BCUT2D eigenvalue weighted by atomic mass is 10.0. The van der Waals surface area contributed by atoms with Gasteiger partial charge in [0.2, 0.25) is 5.95 Å². The molecule has 3 rings (SSSR count). The van der Waals surface area contributed by atoms with Crippen LogP contribution in [0.25, 0.3) is 0 Å². The van der Waals surface area contributed by atoms with E-state index in [4.69, 9.17) is 0 Å². The van der Waals surface area contributed by atoms with Gasteiger partial charge in [0, 0.05) is 12.1 Å². The number of aliphatic hydroxyl groups is 1. The van der Waals surface area contributed by atoms with E-state index in [1.807, 2.05) is 0 Å². The van der Waals surface area contributed by atoms with E-state index in [1.165, 1.54) is 12.4 Å². The second-order valence-corrected chi connectivity index (χ2v) is 4.92. The zero-order chi connectivity index (χ0) is 12.7. The minimum absolute atomic E-state index is 0.0943. The fourth-order valence-corrected chi connectivity index (χ4v) is 3.02. The SMILES string of the molecule is O=[N+]([O-])c1cnc(N2C3CCC2CC(O)C3)nc1. The predicted octanol–water partition coefficient (Wildman–Crippen LogP) is 0.877. The zero-order valence-corrected chi connectivity index (χ0v) is 9.77. The first-order chi connectivity index (χ1) is 8.65. The fourth-order valence-electron chi connectivity index (χ4n) is 3.02. The molecule has 0 spiro atoms. The minimum Gasteiger partial charge on any atom is -0.393 e. The molecule has 0 amide bonds. The third-order valence-electron chi connectivity index (χ3n) is 3.77. The molecule has 1 aromatic heterocycles. The van der Waals surface area contributed by atoms with E-state index in [0.717, 1.165) is 25.7 Å². The van der Waals surface area contributed by atoms with Crippen LogP contribution >= 0.6 is 0 Å². The third-order valence-corrected chi connectivity index (χ3v) is 3.77. The van der Waals surface area contributed by atoms with Crippen molar-refractivity contribution in [1.29, 1.82) is 0 Å². The van der Waals surface area contributed by atoms with E-state index in [2.05, 4.69) is 14.9 Å². The molecule has 1 N–H and O–H groups in total. The second-order valence-electron chi connectivity index (χ2n) is 4.92. The van der Waals surface area contributed by atoms with Gasteiger partial charge in [-0.2, -0.15) is 0 Å². The van der Waals surface area contributed by atoms with Gasteiger partial charge >= 0.3 is 5.69 Å². The maximum atomic E-state index is 10.6. The molecule has 96 valence electrons. The minimum atomic E-state index is -0.502. The standard InChI is InChI=1S/C11H14N4O3/c16-10-3-7-1-2-8(4-10)14(7)11-12-5-9(6-13-11)15(17)18/h5-8,10,16H,1-4H2. The average molecular weight is 250 g/mol. The van der Waals surface area contributed by atoms with Crippen LogP contribution in [0, 0.1) is 10.1 Å². The molecule has 18 heavy (non-hydrogen) atoms. The molecule has 0 aliphatic carbocycles. The van der Waals surface area contributed by atoms with Crippen molar-refractivity contribution >= 4 is 11.6 Å². The molecular formula is C11H14N4O3. The molecule has 0 aromatic carbocycles. The van der Waals surface area contributed by atoms with Crippen molar-refractivity contribution in [2.24, 2.45) is 0 Å². The van der Waals surface area contributed by atoms with Crippen molar-refractivity contribution in [3.05, 3.63) is 22.5 Å². The number of aromatic nitrogens is 2. The summed E-state index contributed by atoms with van der Waals surface area (Å²) in [6.45, 7) is 0. The van der Waals surface area contributed by atoms with Crippen LogP contribution in [0.15, 0.2) is 12.4 Å². The molecule has 2 unspecified atom stereocenters. The second kappa shape index (κ2) is 4.16. The Morgan fingerprint density at radius 3 is 2.33 bits per heavy atom. The normalized spacial score (nSPS) is 30.5. The molecule has 7 nitrogen and oxygen atoms in total. The van der Waals surface area contributed by atoms with E-state index < -0.39 is 4.92 Å². The van der Waals surface area contributed by atoms with Crippen molar-refractivity contribution in [2.45, 2.75) is 43.9 Å². The lowest BCUT2D eigenvalue weighted by Crippen LogP contribution is -2.45. The number of anilines is 1. The summed E-state index contributed by atoms with van der Waals surface area (Å²) in [5.41, 5.74) is -0.0943. The monoisotopic (exact) mass is 250 g/mol. The number of hydrogen-bond acceptors (Lipinski definition) is 6. The van der Waals surface area contributed by atoms with Crippen molar-refractivity contribution in [2.75, 3.05) is 4.90 Å². The van der Waals surface area contributed by atoms with Crippen LogP contribution in [0.2, 0.25) is 0 Å². The van der Waals surface area contributed by atoms with Gasteiger partial charge in [0.15, 0.2) is 0 Å². The highest BCUT2D eigenvalue weighted by molar-refractivity contribution is 5.39. The Morgan fingerprint density at radius 1 is 1.28 bits per heavy atom. The van der Waals surface area contributed by atoms with Gasteiger partial charge in [-0.3, -0.25) is 10.1 Å². The van der Waals surface area contributed by atoms with E-state index in [9.17, 15) is 15.2 Å². The Kier molecular flexibility index (Phi) is 2.62. The Hall–Kier alpha value is -1.76. The van der Waals surface area contributed by atoms with Crippen molar-refractivity contribution in [3.8, 4) is 0 Å². The Bertz CT molecular complexity index is 450. The van der Waals surface area contributed by atoms with Crippen LogP contribution in [0.5, 0.6) is 0 Å². The largest absolute Gasteiger partial charge is 0.393 e. The number of aliphatic hydroxyl groups excluding tert-OH is 1. The van der Waals surface area contributed by atoms with Gasteiger partial charge in [-0.25, -0.2) is 9.97 Å². The molecule has 2 fully saturated rings. The highest BCUT2D eigenvalue weighted by Crippen LogP contribution is 2.37. The summed E-state index contributed by atoms with van der Waals surface area (Å²) in [4.78, 5) is 20.3. The lowest BCUT2D eigenvalue weighted by Gasteiger charge is -2.36. The molecule has 3 heterocycles. The van der Waals surface area contributed by atoms with Gasteiger partial charge in [-0.1, -0.05) is 0 Å². The van der Waals surface area contributed by atoms with Crippen LogP contribution in [-0.4, -0.2) is 38.2 Å².